The molecule has 2 aliphatic heterocycles. The van der Waals surface area contributed by atoms with Gasteiger partial charge in [-0.25, -0.2) is 19.3 Å². The van der Waals surface area contributed by atoms with Crippen molar-refractivity contribution in [1.29, 1.82) is 0 Å². The summed E-state index contributed by atoms with van der Waals surface area (Å²) in [6.45, 7) is 3.74. The molecule has 0 radical (unpaired) electrons. The van der Waals surface area contributed by atoms with Gasteiger partial charge in [0.25, 0.3) is 5.69 Å². The van der Waals surface area contributed by atoms with E-state index in [-0.39, 0.29) is 29.5 Å². The number of carbonyl (C=O) groups excluding carboxylic acids is 4. The van der Waals surface area contributed by atoms with Crippen molar-refractivity contribution in [2.24, 2.45) is 0 Å². The molecule has 43 heavy (non-hydrogen) atoms. The molecule has 2 aromatic rings. The highest BCUT2D eigenvalue weighted by Crippen LogP contribution is 2.37. The summed E-state index contributed by atoms with van der Waals surface area (Å²) < 4.78 is 10.1. The van der Waals surface area contributed by atoms with Gasteiger partial charge >= 0.3 is 24.0 Å². The van der Waals surface area contributed by atoms with Gasteiger partial charge in [-0.3, -0.25) is 14.9 Å². The summed E-state index contributed by atoms with van der Waals surface area (Å²) in [6.07, 6.45) is 1.77. The average molecular weight is 594 g/mol. The number of carbonyl (C=O) groups is 4. The van der Waals surface area contributed by atoms with E-state index in [1.807, 2.05) is 30.3 Å². The molecule has 13 heteroatoms. The fraction of sp³-hybridized carbons (Fsp3) is 0.400. The summed E-state index contributed by atoms with van der Waals surface area (Å²) in [7, 11) is 2.59. The Morgan fingerprint density at radius 3 is 2.28 bits per heavy atom. The summed E-state index contributed by atoms with van der Waals surface area (Å²) in [5, 5.41) is 16.4. The lowest BCUT2D eigenvalue weighted by Crippen LogP contribution is -2.54. The largest absolute Gasteiger partial charge is 0.468 e. The number of nitro benzene ring substituents is 1. The molecule has 1 saturated heterocycles. The van der Waals surface area contributed by atoms with E-state index in [0.717, 1.165) is 10.5 Å². The van der Waals surface area contributed by atoms with E-state index in [0.29, 0.717) is 44.5 Å². The molecule has 0 aromatic heterocycles. The molecule has 2 N–H and O–H groups in total. The summed E-state index contributed by atoms with van der Waals surface area (Å²) in [5.74, 6) is -0.995. The topological polar surface area (TPSA) is 160 Å². The second kappa shape index (κ2) is 13.5. The van der Waals surface area contributed by atoms with Crippen LogP contribution in [0.2, 0.25) is 0 Å². The van der Waals surface area contributed by atoms with Crippen LogP contribution in [0.3, 0.4) is 0 Å². The van der Waals surface area contributed by atoms with Crippen LogP contribution in [0, 0.1) is 10.1 Å². The van der Waals surface area contributed by atoms with Crippen LogP contribution in [0.5, 0.6) is 0 Å². The number of methoxy groups -OCH3 is 2. The van der Waals surface area contributed by atoms with E-state index in [4.69, 9.17) is 9.47 Å². The molecule has 0 unspecified atom stereocenters. The van der Waals surface area contributed by atoms with E-state index in [9.17, 15) is 29.3 Å². The zero-order valence-corrected chi connectivity index (χ0v) is 24.3. The van der Waals surface area contributed by atoms with Crippen molar-refractivity contribution >= 4 is 29.7 Å². The van der Waals surface area contributed by atoms with Gasteiger partial charge in [0.1, 0.15) is 6.04 Å². The number of allylic oxidation sites excluding steroid dienone is 1. The van der Waals surface area contributed by atoms with Crippen LogP contribution in [0.15, 0.2) is 65.9 Å². The minimum atomic E-state index is -1.16. The first-order chi connectivity index (χ1) is 20.6. The maximum absolute atomic E-state index is 13.3. The second-order valence-electron chi connectivity index (χ2n) is 10.4. The van der Waals surface area contributed by atoms with E-state index < -0.39 is 34.4 Å². The number of imide groups is 1. The Bertz CT molecular complexity index is 1400. The van der Waals surface area contributed by atoms with E-state index in [2.05, 4.69) is 15.5 Å². The number of non-ortho nitro benzene ring substituents is 1. The maximum atomic E-state index is 13.3. The Hall–Kier alpha value is -4.78. The van der Waals surface area contributed by atoms with Crippen molar-refractivity contribution < 1.29 is 33.6 Å². The third-order valence-electron chi connectivity index (χ3n) is 8.03. The smallest absolute Gasteiger partial charge is 0.337 e. The van der Waals surface area contributed by atoms with Crippen LogP contribution in [0.25, 0.3) is 0 Å². The number of nitrogens with zero attached hydrogens (tertiary/aromatic N) is 3. The molecule has 2 aliphatic rings. The van der Waals surface area contributed by atoms with Crippen LogP contribution in [-0.2, 0) is 24.5 Å². The van der Waals surface area contributed by atoms with E-state index in [1.54, 1.807) is 0 Å². The Labute approximate surface area is 249 Å². The number of rotatable bonds is 9. The SMILES string of the molecule is COC(=O)C1=C(C)NC(=O)N(C(=O)NCCCN2CCC(C(=O)OC)(c3ccccc3)CC2)[C@H]1c1ccc([N+](=O)[O-])cc1. The summed E-state index contributed by atoms with van der Waals surface area (Å²) in [5.41, 5.74) is 0.645. The quantitative estimate of drug-likeness (QED) is 0.192. The number of hydrogen-bond donors (Lipinski definition) is 2. The lowest BCUT2D eigenvalue weighted by molar-refractivity contribution is -0.384. The summed E-state index contributed by atoms with van der Waals surface area (Å²) >= 11 is 0. The number of amides is 4. The standard InChI is InChI=1S/C30H35N5O8/c1-20-24(26(36)42-2)25(21-10-12-23(13-11-21)35(40)41)34(29(39)32-20)28(38)31-16-7-17-33-18-14-30(15-19-33,27(37)43-3)22-8-5-4-6-9-22/h4-6,8-13,25H,7,14-19H2,1-3H3,(H,31,38)(H,32,39)/t25-/m0/s1. The minimum Gasteiger partial charge on any atom is -0.468 e. The molecule has 0 bridgehead atoms. The van der Waals surface area contributed by atoms with Crippen LogP contribution in [0.1, 0.15) is 43.4 Å². The second-order valence-corrected chi connectivity index (χ2v) is 10.4. The third kappa shape index (κ3) is 6.51. The lowest BCUT2D eigenvalue weighted by Gasteiger charge is -2.40. The molecule has 228 valence electrons. The molecule has 13 nitrogen and oxygen atoms in total. The molecule has 0 aliphatic carbocycles. The number of hydrogen-bond acceptors (Lipinski definition) is 9. The van der Waals surface area contributed by atoms with Gasteiger partial charge in [-0.1, -0.05) is 30.3 Å². The van der Waals surface area contributed by atoms with Crippen LogP contribution in [-0.4, -0.2) is 79.1 Å². The summed E-state index contributed by atoms with van der Waals surface area (Å²) in [6, 6.07) is 12.3. The van der Waals surface area contributed by atoms with Crippen molar-refractivity contribution in [3.63, 3.8) is 0 Å². The average Bonchev–Trinajstić information content (AvgIpc) is 3.02. The third-order valence-corrected chi connectivity index (χ3v) is 8.03. The molecule has 2 aromatic carbocycles. The number of nitrogens with one attached hydrogen (secondary N) is 2. The maximum Gasteiger partial charge on any atom is 0.337 e. The monoisotopic (exact) mass is 593 g/mol. The number of nitro groups is 1. The molecule has 4 rings (SSSR count). The molecule has 1 fully saturated rings. The van der Waals surface area contributed by atoms with Gasteiger partial charge in [-0.2, -0.15) is 0 Å². The highest BCUT2D eigenvalue weighted by Gasteiger charge is 2.44. The fourth-order valence-corrected chi connectivity index (χ4v) is 5.72. The molecule has 0 spiro atoms. The fourth-order valence-electron chi connectivity index (χ4n) is 5.72. The van der Waals surface area contributed by atoms with Crippen molar-refractivity contribution in [2.45, 2.75) is 37.6 Å². The molecule has 2 heterocycles. The molecule has 0 saturated carbocycles. The highest BCUT2D eigenvalue weighted by molar-refractivity contribution is 6.01. The Kier molecular flexibility index (Phi) is 9.76. The van der Waals surface area contributed by atoms with Gasteiger partial charge in [0.05, 0.1) is 30.1 Å². The number of ether oxygens (including phenoxy) is 2. The van der Waals surface area contributed by atoms with Crippen LogP contribution >= 0.6 is 0 Å². The van der Waals surface area contributed by atoms with Gasteiger partial charge in [-0.15, -0.1) is 0 Å². The van der Waals surface area contributed by atoms with Crippen LogP contribution in [0.4, 0.5) is 15.3 Å². The van der Waals surface area contributed by atoms with Gasteiger partial charge in [0.15, 0.2) is 0 Å². The van der Waals surface area contributed by atoms with Crippen molar-refractivity contribution in [3.05, 3.63) is 87.1 Å². The highest BCUT2D eigenvalue weighted by atomic mass is 16.6. The minimum absolute atomic E-state index is 0.0342. The van der Waals surface area contributed by atoms with Crippen LogP contribution < -0.4 is 10.6 Å². The zero-order chi connectivity index (χ0) is 31.1. The first kappa shape index (κ1) is 31.2. The van der Waals surface area contributed by atoms with E-state index in [1.165, 1.54) is 45.4 Å². The molecule has 1 atom stereocenters. The van der Waals surface area contributed by atoms with Crippen molar-refractivity contribution in [3.8, 4) is 0 Å². The predicted octanol–water partition coefficient (Wildman–Crippen LogP) is 3.41. The number of urea groups is 2. The normalized spacial score (nSPS) is 18.4. The van der Waals surface area contributed by atoms with Gasteiger partial charge in [0, 0.05) is 24.4 Å². The number of likely N-dealkylation sites (tertiary alicyclic amines) is 1. The first-order valence-corrected chi connectivity index (χ1v) is 13.9. The van der Waals surface area contributed by atoms with Crippen molar-refractivity contribution in [2.75, 3.05) is 40.4 Å². The van der Waals surface area contributed by atoms with Gasteiger partial charge < -0.3 is 25.0 Å². The molecule has 4 amide bonds. The molecular formula is C30H35N5O8. The molecular weight excluding hydrogens is 558 g/mol. The Morgan fingerprint density at radius 2 is 1.70 bits per heavy atom. The number of benzene rings is 2. The Morgan fingerprint density at radius 1 is 1.05 bits per heavy atom. The summed E-state index contributed by atoms with van der Waals surface area (Å²) in [4.78, 5) is 65.5. The predicted molar refractivity (Wildman–Crippen MR) is 155 cm³/mol. The lowest BCUT2D eigenvalue weighted by atomic mass is 9.72. The van der Waals surface area contributed by atoms with Gasteiger partial charge in [-0.05, 0) is 69.1 Å². The van der Waals surface area contributed by atoms with Gasteiger partial charge in [0.2, 0.25) is 0 Å². The van der Waals surface area contributed by atoms with E-state index >= 15 is 0 Å². The first-order valence-electron chi connectivity index (χ1n) is 13.9. The zero-order valence-electron chi connectivity index (χ0n) is 24.3. The van der Waals surface area contributed by atoms with Crippen molar-refractivity contribution in [1.82, 2.24) is 20.4 Å². The number of esters is 2. The Balaban J connectivity index is 1.41. The number of piperidine rings is 1.